The van der Waals surface area contributed by atoms with Crippen molar-refractivity contribution < 1.29 is 4.39 Å². The summed E-state index contributed by atoms with van der Waals surface area (Å²) in [5.74, 6) is -0.260. The fraction of sp³-hybridized carbons (Fsp3) is 0.308. The number of hydrogen-bond donors (Lipinski definition) is 1. The third-order valence-corrected chi connectivity index (χ3v) is 3.68. The SMILES string of the molecule is Cn1nccc1CCC(N)c1ccc(F)cc1Br. The van der Waals surface area contributed by atoms with E-state index in [0.717, 1.165) is 28.6 Å². The van der Waals surface area contributed by atoms with Gasteiger partial charge in [0.1, 0.15) is 5.82 Å². The summed E-state index contributed by atoms with van der Waals surface area (Å²) in [5.41, 5.74) is 8.20. The molecule has 2 aromatic rings. The van der Waals surface area contributed by atoms with Crippen molar-refractivity contribution in [1.82, 2.24) is 9.78 Å². The Labute approximate surface area is 114 Å². The molecular weight excluding hydrogens is 297 g/mol. The lowest BCUT2D eigenvalue weighted by Crippen LogP contribution is -2.13. The molecule has 0 fully saturated rings. The Balaban J connectivity index is 2.03. The molecule has 1 atom stereocenters. The van der Waals surface area contributed by atoms with E-state index in [1.807, 2.05) is 17.8 Å². The van der Waals surface area contributed by atoms with Crippen LogP contribution >= 0.6 is 15.9 Å². The molecule has 0 saturated heterocycles. The molecule has 0 aliphatic carbocycles. The van der Waals surface area contributed by atoms with Crippen molar-refractivity contribution >= 4 is 15.9 Å². The maximum atomic E-state index is 13.0. The number of benzene rings is 1. The zero-order chi connectivity index (χ0) is 13.1. The molecule has 0 spiro atoms. The Morgan fingerprint density at radius 2 is 2.22 bits per heavy atom. The standard InChI is InChI=1S/C13H15BrFN3/c1-18-10(6-7-17-18)3-5-13(16)11-4-2-9(15)8-12(11)14/h2,4,6-8,13H,3,5,16H2,1H3. The van der Waals surface area contributed by atoms with Gasteiger partial charge in [-0.3, -0.25) is 4.68 Å². The highest BCUT2D eigenvalue weighted by Crippen LogP contribution is 2.25. The maximum Gasteiger partial charge on any atom is 0.124 e. The van der Waals surface area contributed by atoms with Crippen molar-refractivity contribution in [2.45, 2.75) is 18.9 Å². The van der Waals surface area contributed by atoms with E-state index in [-0.39, 0.29) is 11.9 Å². The molecule has 0 saturated carbocycles. The van der Waals surface area contributed by atoms with Crippen LogP contribution in [0.25, 0.3) is 0 Å². The number of nitrogens with zero attached hydrogens (tertiary/aromatic N) is 2. The molecule has 0 bridgehead atoms. The van der Waals surface area contributed by atoms with Crippen molar-refractivity contribution in [3.63, 3.8) is 0 Å². The van der Waals surface area contributed by atoms with E-state index >= 15 is 0 Å². The fourth-order valence-electron chi connectivity index (χ4n) is 1.91. The minimum absolute atomic E-state index is 0.116. The molecule has 96 valence electrons. The number of hydrogen-bond acceptors (Lipinski definition) is 2. The average molecular weight is 312 g/mol. The van der Waals surface area contributed by atoms with Crippen LogP contribution in [-0.2, 0) is 13.5 Å². The van der Waals surface area contributed by atoms with Crippen LogP contribution in [0.5, 0.6) is 0 Å². The van der Waals surface area contributed by atoms with Gasteiger partial charge in [-0.2, -0.15) is 5.10 Å². The van der Waals surface area contributed by atoms with Crippen molar-refractivity contribution in [1.29, 1.82) is 0 Å². The molecule has 1 aromatic carbocycles. The van der Waals surface area contributed by atoms with Gasteiger partial charge in [0, 0.05) is 29.5 Å². The molecule has 18 heavy (non-hydrogen) atoms. The molecule has 0 amide bonds. The van der Waals surface area contributed by atoms with Gasteiger partial charge in [-0.1, -0.05) is 22.0 Å². The van der Waals surface area contributed by atoms with Crippen LogP contribution in [0.3, 0.4) is 0 Å². The molecule has 0 aliphatic heterocycles. The Bertz CT molecular complexity index is 539. The molecule has 1 heterocycles. The largest absolute Gasteiger partial charge is 0.324 e. The van der Waals surface area contributed by atoms with Gasteiger partial charge in [0.2, 0.25) is 0 Å². The van der Waals surface area contributed by atoms with Crippen LogP contribution in [0.4, 0.5) is 4.39 Å². The molecule has 5 heteroatoms. The zero-order valence-electron chi connectivity index (χ0n) is 10.1. The zero-order valence-corrected chi connectivity index (χ0v) is 11.7. The monoisotopic (exact) mass is 311 g/mol. The summed E-state index contributed by atoms with van der Waals surface area (Å²) in [6.07, 6.45) is 3.42. The van der Waals surface area contributed by atoms with Gasteiger partial charge >= 0.3 is 0 Å². The second-order valence-electron chi connectivity index (χ2n) is 4.26. The Morgan fingerprint density at radius 1 is 1.44 bits per heavy atom. The van der Waals surface area contributed by atoms with E-state index in [1.54, 1.807) is 12.3 Å². The van der Waals surface area contributed by atoms with E-state index in [4.69, 9.17) is 5.73 Å². The van der Waals surface area contributed by atoms with Gasteiger partial charge in [-0.05, 0) is 36.6 Å². The van der Waals surface area contributed by atoms with E-state index in [9.17, 15) is 4.39 Å². The molecule has 3 nitrogen and oxygen atoms in total. The summed E-state index contributed by atoms with van der Waals surface area (Å²) >= 11 is 3.34. The van der Waals surface area contributed by atoms with Crippen molar-refractivity contribution in [2.75, 3.05) is 0 Å². The Kier molecular flexibility index (Phi) is 4.14. The lowest BCUT2D eigenvalue weighted by molar-refractivity contribution is 0.603. The number of nitrogens with two attached hydrogens (primary N) is 1. The molecule has 1 unspecified atom stereocenters. The quantitative estimate of drug-likeness (QED) is 0.943. The third kappa shape index (κ3) is 2.97. The van der Waals surface area contributed by atoms with E-state index in [1.165, 1.54) is 12.1 Å². The van der Waals surface area contributed by atoms with E-state index < -0.39 is 0 Å². The number of rotatable bonds is 4. The number of halogens is 2. The van der Waals surface area contributed by atoms with Crippen LogP contribution in [0.15, 0.2) is 34.9 Å². The lowest BCUT2D eigenvalue weighted by atomic mass is 10.0. The van der Waals surface area contributed by atoms with Gasteiger partial charge in [0.05, 0.1) is 0 Å². The Morgan fingerprint density at radius 3 is 2.83 bits per heavy atom. The van der Waals surface area contributed by atoms with Crippen LogP contribution in [0.1, 0.15) is 23.7 Å². The first kappa shape index (κ1) is 13.2. The van der Waals surface area contributed by atoms with Crippen molar-refractivity contribution in [3.8, 4) is 0 Å². The fourth-order valence-corrected chi connectivity index (χ4v) is 2.55. The second kappa shape index (κ2) is 5.63. The summed E-state index contributed by atoms with van der Waals surface area (Å²) in [5, 5.41) is 4.11. The van der Waals surface area contributed by atoms with Crippen LogP contribution in [0.2, 0.25) is 0 Å². The van der Waals surface area contributed by atoms with Gasteiger partial charge in [0.15, 0.2) is 0 Å². The highest BCUT2D eigenvalue weighted by molar-refractivity contribution is 9.10. The first-order chi connectivity index (χ1) is 8.58. The average Bonchev–Trinajstić information content (AvgIpc) is 2.72. The summed E-state index contributed by atoms with van der Waals surface area (Å²) in [7, 11) is 1.91. The summed E-state index contributed by atoms with van der Waals surface area (Å²) in [4.78, 5) is 0. The summed E-state index contributed by atoms with van der Waals surface area (Å²) < 4.78 is 15.6. The van der Waals surface area contributed by atoms with Crippen LogP contribution in [-0.4, -0.2) is 9.78 Å². The highest BCUT2D eigenvalue weighted by Gasteiger charge is 2.11. The topological polar surface area (TPSA) is 43.8 Å². The van der Waals surface area contributed by atoms with Crippen molar-refractivity contribution in [2.24, 2.45) is 12.8 Å². The van der Waals surface area contributed by atoms with Crippen LogP contribution in [0, 0.1) is 5.82 Å². The minimum atomic E-state index is -0.260. The lowest BCUT2D eigenvalue weighted by Gasteiger charge is -2.14. The van der Waals surface area contributed by atoms with Crippen LogP contribution < -0.4 is 5.73 Å². The first-order valence-electron chi connectivity index (χ1n) is 5.75. The van der Waals surface area contributed by atoms with Gasteiger partial charge in [-0.25, -0.2) is 4.39 Å². The van der Waals surface area contributed by atoms with Crippen molar-refractivity contribution in [3.05, 3.63) is 52.0 Å². The maximum absolute atomic E-state index is 13.0. The van der Waals surface area contributed by atoms with Gasteiger partial charge < -0.3 is 5.73 Å². The molecule has 2 N–H and O–H groups in total. The highest BCUT2D eigenvalue weighted by atomic mass is 79.9. The predicted octanol–water partition coefficient (Wildman–Crippen LogP) is 2.95. The number of aryl methyl sites for hydroxylation is 2. The van der Waals surface area contributed by atoms with Gasteiger partial charge in [0.25, 0.3) is 0 Å². The normalized spacial score (nSPS) is 12.7. The first-order valence-corrected chi connectivity index (χ1v) is 6.54. The molecular formula is C13H15BrFN3. The van der Waals surface area contributed by atoms with E-state index in [2.05, 4.69) is 21.0 Å². The summed E-state index contributed by atoms with van der Waals surface area (Å²) in [6, 6.07) is 6.47. The predicted molar refractivity (Wildman–Crippen MR) is 72.6 cm³/mol. The van der Waals surface area contributed by atoms with Gasteiger partial charge in [-0.15, -0.1) is 0 Å². The minimum Gasteiger partial charge on any atom is -0.324 e. The summed E-state index contributed by atoms with van der Waals surface area (Å²) in [6.45, 7) is 0. The molecule has 2 rings (SSSR count). The second-order valence-corrected chi connectivity index (χ2v) is 5.11. The Hall–Kier alpha value is -1.20. The smallest absolute Gasteiger partial charge is 0.124 e. The number of aromatic nitrogens is 2. The molecule has 0 radical (unpaired) electrons. The molecule has 0 aliphatic rings. The molecule has 1 aromatic heterocycles. The van der Waals surface area contributed by atoms with E-state index in [0.29, 0.717) is 0 Å². The third-order valence-electron chi connectivity index (χ3n) is 3.00.